The number of rotatable bonds is 5. The maximum atomic E-state index is 11.7. The number of hydrogen-bond donors (Lipinski definition) is 1. The summed E-state index contributed by atoms with van der Waals surface area (Å²) in [7, 11) is 3.24. The van der Waals surface area contributed by atoms with E-state index in [0.717, 1.165) is 11.3 Å². The molecule has 0 bridgehead atoms. The van der Waals surface area contributed by atoms with Crippen LogP contribution in [0.5, 0.6) is 11.5 Å². The summed E-state index contributed by atoms with van der Waals surface area (Å²) in [5, 5.41) is 2.23. The van der Waals surface area contributed by atoms with Crippen LogP contribution in [0.2, 0.25) is 0 Å². The summed E-state index contributed by atoms with van der Waals surface area (Å²) in [6.45, 7) is 2.25. The number of thioether (sulfide) groups is 1. The van der Waals surface area contributed by atoms with Gasteiger partial charge in [-0.05, 0) is 25.1 Å². The molecule has 6 heteroatoms. The van der Waals surface area contributed by atoms with E-state index in [2.05, 4.69) is 0 Å². The maximum Gasteiger partial charge on any atom is 0.365 e. The third kappa shape index (κ3) is 3.19. The van der Waals surface area contributed by atoms with Gasteiger partial charge in [-0.15, -0.1) is 0 Å². The number of nitrogens with two attached hydrogens (primary N) is 1. The van der Waals surface area contributed by atoms with Gasteiger partial charge in [-0.3, -0.25) is 0 Å². The van der Waals surface area contributed by atoms with E-state index in [0.29, 0.717) is 18.1 Å². The van der Waals surface area contributed by atoms with Crippen molar-refractivity contribution in [3.8, 4) is 11.5 Å². The van der Waals surface area contributed by atoms with Gasteiger partial charge in [0.2, 0.25) is 0 Å². The Bertz CT molecular complexity index is 480. The van der Waals surface area contributed by atoms with E-state index in [1.165, 1.54) is 0 Å². The van der Waals surface area contributed by atoms with Crippen LogP contribution in [-0.2, 0) is 9.53 Å². The summed E-state index contributed by atoms with van der Waals surface area (Å²) in [5.41, 5.74) is 1.11. The van der Waals surface area contributed by atoms with Gasteiger partial charge < -0.3 is 19.5 Å². The first kappa shape index (κ1) is 15.0. The van der Waals surface area contributed by atoms with Gasteiger partial charge in [0.25, 0.3) is 0 Å². The van der Waals surface area contributed by atoms with E-state index in [9.17, 15) is 4.79 Å². The van der Waals surface area contributed by atoms with Gasteiger partial charge in [-0.2, -0.15) is 0 Å². The lowest BCUT2D eigenvalue weighted by Crippen LogP contribution is -2.89. The van der Waals surface area contributed by atoms with Gasteiger partial charge in [0.15, 0.2) is 22.9 Å². The van der Waals surface area contributed by atoms with Crippen molar-refractivity contribution in [2.45, 2.75) is 18.3 Å². The number of esters is 1. The van der Waals surface area contributed by atoms with Crippen LogP contribution in [0.25, 0.3) is 0 Å². The molecule has 2 N–H and O–H groups in total. The van der Waals surface area contributed by atoms with E-state index in [-0.39, 0.29) is 17.4 Å². The Kier molecular flexibility index (Phi) is 5.14. The Balaban J connectivity index is 2.08. The zero-order valence-corrected chi connectivity index (χ0v) is 12.7. The standard InChI is InChI=1S/C14H19NO4S/c1-4-19-14(16)10-8-20-13(15-10)9-5-6-11(17-2)12(7-9)18-3/h5-7,10,13,15H,4,8H2,1-3H3/p+1/t10-,13-/m1/s1. The average molecular weight is 298 g/mol. The summed E-state index contributed by atoms with van der Waals surface area (Å²) in [4.78, 5) is 11.7. The van der Waals surface area contributed by atoms with Crippen molar-refractivity contribution >= 4 is 17.7 Å². The van der Waals surface area contributed by atoms with Crippen molar-refractivity contribution in [2.24, 2.45) is 0 Å². The lowest BCUT2D eigenvalue weighted by Gasteiger charge is -2.13. The van der Waals surface area contributed by atoms with E-state index < -0.39 is 0 Å². The Hall–Kier alpha value is -1.40. The maximum absolute atomic E-state index is 11.7. The second kappa shape index (κ2) is 6.85. The minimum Gasteiger partial charge on any atom is -0.493 e. The van der Waals surface area contributed by atoms with E-state index in [1.54, 1.807) is 26.0 Å². The van der Waals surface area contributed by atoms with E-state index in [1.807, 2.05) is 30.4 Å². The minimum atomic E-state index is -0.136. The fraction of sp³-hybridized carbons (Fsp3) is 0.500. The van der Waals surface area contributed by atoms with Crippen molar-refractivity contribution in [3.63, 3.8) is 0 Å². The molecular formula is C14H20NO4S+. The van der Waals surface area contributed by atoms with Gasteiger partial charge in [0, 0.05) is 5.56 Å². The van der Waals surface area contributed by atoms with Crippen LogP contribution in [0.4, 0.5) is 0 Å². The SMILES string of the molecule is CCOC(=O)[C@H]1CS[C@H](c2ccc(OC)c(OC)c2)[NH2+]1. The molecule has 1 aromatic carbocycles. The number of hydrogen-bond acceptors (Lipinski definition) is 5. The fourth-order valence-electron chi connectivity index (χ4n) is 2.16. The molecule has 1 aliphatic rings. The third-order valence-electron chi connectivity index (χ3n) is 3.19. The largest absolute Gasteiger partial charge is 0.493 e. The van der Waals surface area contributed by atoms with Crippen molar-refractivity contribution in [2.75, 3.05) is 26.6 Å². The molecule has 5 nitrogen and oxygen atoms in total. The first-order chi connectivity index (χ1) is 9.69. The zero-order chi connectivity index (χ0) is 14.5. The molecule has 0 aromatic heterocycles. The van der Waals surface area contributed by atoms with Crippen molar-refractivity contribution < 1.29 is 24.3 Å². The van der Waals surface area contributed by atoms with Gasteiger partial charge in [0.1, 0.15) is 0 Å². The molecule has 20 heavy (non-hydrogen) atoms. The summed E-state index contributed by atoms with van der Waals surface area (Å²) >= 11 is 1.74. The number of carbonyl (C=O) groups excluding carboxylic acids is 1. The smallest absolute Gasteiger partial charge is 0.365 e. The second-order valence-electron chi connectivity index (χ2n) is 4.42. The summed E-state index contributed by atoms with van der Waals surface area (Å²) in [5.74, 6) is 2.04. The van der Waals surface area contributed by atoms with Crippen LogP contribution >= 0.6 is 11.8 Å². The zero-order valence-electron chi connectivity index (χ0n) is 11.9. The Morgan fingerprint density at radius 2 is 2.10 bits per heavy atom. The highest BCUT2D eigenvalue weighted by atomic mass is 32.2. The molecule has 2 atom stereocenters. The molecule has 1 aromatic rings. The molecule has 0 radical (unpaired) electrons. The van der Waals surface area contributed by atoms with Gasteiger partial charge in [0.05, 0.1) is 26.6 Å². The van der Waals surface area contributed by atoms with Crippen LogP contribution in [-0.4, -0.2) is 38.6 Å². The summed E-state index contributed by atoms with van der Waals surface area (Å²) < 4.78 is 15.6. The number of benzene rings is 1. The number of quaternary nitrogens is 1. The highest BCUT2D eigenvalue weighted by Crippen LogP contribution is 2.34. The van der Waals surface area contributed by atoms with Gasteiger partial charge in [-0.1, -0.05) is 11.8 Å². The van der Waals surface area contributed by atoms with Gasteiger partial charge >= 0.3 is 5.97 Å². The van der Waals surface area contributed by atoms with Crippen molar-refractivity contribution in [1.82, 2.24) is 0 Å². The molecule has 1 fully saturated rings. The van der Waals surface area contributed by atoms with E-state index in [4.69, 9.17) is 14.2 Å². The molecule has 0 aliphatic carbocycles. The molecular weight excluding hydrogens is 278 g/mol. The van der Waals surface area contributed by atoms with E-state index >= 15 is 0 Å². The van der Waals surface area contributed by atoms with Gasteiger partial charge in [-0.25, -0.2) is 4.79 Å². The predicted molar refractivity (Wildman–Crippen MR) is 77.1 cm³/mol. The lowest BCUT2D eigenvalue weighted by molar-refractivity contribution is -0.685. The predicted octanol–water partition coefficient (Wildman–Crippen LogP) is 0.944. The molecule has 0 saturated carbocycles. The normalized spacial score (nSPS) is 21.6. The summed E-state index contributed by atoms with van der Waals surface area (Å²) in [6, 6.07) is 5.72. The average Bonchev–Trinajstić information content (AvgIpc) is 2.96. The topological polar surface area (TPSA) is 61.4 Å². The van der Waals surface area contributed by atoms with Crippen LogP contribution in [0.15, 0.2) is 18.2 Å². The van der Waals surface area contributed by atoms with Crippen LogP contribution in [0, 0.1) is 0 Å². The van der Waals surface area contributed by atoms with Crippen LogP contribution in [0.1, 0.15) is 17.9 Å². The molecule has 1 heterocycles. The molecule has 110 valence electrons. The highest BCUT2D eigenvalue weighted by molar-refractivity contribution is 7.99. The summed E-state index contributed by atoms with van der Waals surface area (Å²) in [6.07, 6.45) is 0. The first-order valence-electron chi connectivity index (χ1n) is 6.54. The Labute approximate surface area is 123 Å². The number of methoxy groups -OCH3 is 2. The molecule has 0 spiro atoms. The quantitative estimate of drug-likeness (QED) is 0.820. The fourth-order valence-corrected chi connectivity index (χ4v) is 3.46. The molecule has 2 rings (SSSR count). The molecule has 1 aliphatic heterocycles. The van der Waals surface area contributed by atoms with Crippen molar-refractivity contribution in [3.05, 3.63) is 23.8 Å². The number of carbonyl (C=O) groups is 1. The lowest BCUT2D eigenvalue weighted by atomic mass is 10.2. The third-order valence-corrected chi connectivity index (χ3v) is 4.53. The number of ether oxygens (including phenoxy) is 3. The highest BCUT2D eigenvalue weighted by Gasteiger charge is 2.36. The van der Waals surface area contributed by atoms with Crippen LogP contribution < -0.4 is 14.8 Å². The second-order valence-corrected chi connectivity index (χ2v) is 5.59. The Morgan fingerprint density at radius 1 is 1.35 bits per heavy atom. The molecule has 0 amide bonds. The van der Waals surface area contributed by atoms with Crippen LogP contribution in [0.3, 0.4) is 0 Å². The Morgan fingerprint density at radius 3 is 2.75 bits per heavy atom. The first-order valence-corrected chi connectivity index (χ1v) is 7.59. The molecule has 0 unspecified atom stereocenters. The van der Waals surface area contributed by atoms with Crippen molar-refractivity contribution in [1.29, 1.82) is 0 Å². The monoisotopic (exact) mass is 298 g/mol. The molecule has 1 saturated heterocycles. The minimum absolute atomic E-state index is 0.127.